The normalized spacial score (nSPS) is 13.6. The molecule has 0 rings (SSSR count). The van der Waals surface area contributed by atoms with Gasteiger partial charge in [0, 0.05) is 0 Å². The van der Waals surface area contributed by atoms with Gasteiger partial charge in [-0.15, -0.1) is 0 Å². The molecule has 0 radical (unpaired) electrons. The minimum atomic E-state index is -1.10. The van der Waals surface area contributed by atoms with Crippen LogP contribution in [-0.2, 0) is 4.79 Å². The third-order valence-corrected chi connectivity index (χ3v) is 12.7. The Balaban J connectivity index is 3.51. The standard InChI is InChI=1S/C56H107NO4/c1-3-5-7-9-11-13-15-17-18-19-20-21-22-23-24-25-26-27-28-29-30-31-32-33-34-35-36-37-39-41-43-45-47-49-51-55(60)56(61)57-53(52-58)54(59)50-48-46-44-42-40-38-16-14-12-10-8-6-4-2/h22-23,25-26,48,50,53-55,58-60H,3-21,24,27-47,49,51-52H2,1-2H3,(H,57,61)/b23-22-,26-25-,50-48+. The Bertz CT molecular complexity index is 947. The fourth-order valence-electron chi connectivity index (χ4n) is 8.45. The summed E-state index contributed by atoms with van der Waals surface area (Å²) in [6.45, 7) is 4.19. The Morgan fingerprint density at radius 2 is 0.705 bits per heavy atom. The van der Waals surface area contributed by atoms with Crippen LogP contribution in [-0.4, -0.2) is 46.1 Å². The van der Waals surface area contributed by atoms with Crippen LogP contribution in [0.3, 0.4) is 0 Å². The SMILES string of the molecule is CCCCCCCCCCCCC/C=C\C/C=C\CCCCCCCCCCCCCCCCCCC(O)C(=O)NC(CO)C(O)/C=C/CCCCCCCCCCCCC. The van der Waals surface area contributed by atoms with Gasteiger partial charge in [0.05, 0.1) is 18.8 Å². The number of rotatable bonds is 50. The van der Waals surface area contributed by atoms with E-state index in [1.165, 1.54) is 231 Å². The van der Waals surface area contributed by atoms with Crippen LogP contribution in [0.2, 0.25) is 0 Å². The Labute approximate surface area is 381 Å². The summed E-state index contributed by atoms with van der Waals surface area (Å²) < 4.78 is 0. The molecule has 1 amide bonds. The van der Waals surface area contributed by atoms with E-state index in [0.717, 1.165) is 38.5 Å². The quantitative estimate of drug-likeness (QED) is 0.0362. The van der Waals surface area contributed by atoms with Crippen molar-refractivity contribution in [3.05, 3.63) is 36.5 Å². The number of aliphatic hydroxyl groups is 3. The van der Waals surface area contributed by atoms with Crippen LogP contribution in [0, 0.1) is 0 Å². The molecule has 5 nitrogen and oxygen atoms in total. The van der Waals surface area contributed by atoms with E-state index in [0.29, 0.717) is 6.42 Å². The number of nitrogens with one attached hydrogen (secondary N) is 1. The van der Waals surface area contributed by atoms with Gasteiger partial charge in [0.25, 0.3) is 0 Å². The second-order valence-electron chi connectivity index (χ2n) is 18.8. The van der Waals surface area contributed by atoms with Gasteiger partial charge >= 0.3 is 0 Å². The van der Waals surface area contributed by atoms with Crippen molar-refractivity contribution in [1.29, 1.82) is 0 Å². The van der Waals surface area contributed by atoms with Gasteiger partial charge in [-0.1, -0.05) is 275 Å². The van der Waals surface area contributed by atoms with E-state index in [1.54, 1.807) is 6.08 Å². The van der Waals surface area contributed by atoms with Crippen molar-refractivity contribution in [3.63, 3.8) is 0 Å². The fourth-order valence-corrected chi connectivity index (χ4v) is 8.45. The maximum atomic E-state index is 12.5. The minimum Gasteiger partial charge on any atom is -0.394 e. The third kappa shape index (κ3) is 46.4. The summed E-state index contributed by atoms with van der Waals surface area (Å²) in [6.07, 6.45) is 66.5. The van der Waals surface area contributed by atoms with Gasteiger partial charge in [0.2, 0.25) is 5.91 Å². The first-order valence-electron chi connectivity index (χ1n) is 27.3. The van der Waals surface area contributed by atoms with Crippen molar-refractivity contribution in [2.24, 2.45) is 0 Å². The topological polar surface area (TPSA) is 89.8 Å². The van der Waals surface area contributed by atoms with Crippen LogP contribution in [0.1, 0.15) is 290 Å². The molecule has 0 aliphatic heterocycles. The molecule has 5 heteroatoms. The summed E-state index contributed by atoms with van der Waals surface area (Å²) in [5, 5.41) is 33.2. The number of aliphatic hydroxyl groups excluding tert-OH is 3. The molecule has 360 valence electrons. The van der Waals surface area contributed by atoms with Crippen LogP contribution in [0.4, 0.5) is 0 Å². The number of amides is 1. The Morgan fingerprint density at radius 3 is 1.03 bits per heavy atom. The summed E-state index contributed by atoms with van der Waals surface area (Å²) >= 11 is 0. The molecule has 3 unspecified atom stereocenters. The molecular formula is C56H107NO4. The smallest absolute Gasteiger partial charge is 0.249 e. The number of hydrogen-bond acceptors (Lipinski definition) is 4. The zero-order valence-corrected chi connectivity index (χ0v) is 41.1. The second-order valence-corrected chi connectivity index (χ2v) is 18.8. The molecule has 0 aliphatic carbocycles. The highest BCUT2D eigenvalue weighted by atomic mass is 16.3. The molecule has 4 N–H and O–H groups in total. The predicted molar refractivity (Wildman–Crippen MR) is 268 cm³/mol. The van der Waals surface area contributed by atoms with Crippen LogP contribution >= 0.6 is 0 Å². The van der Waals surface area contributed by atoms with Gasteiger partial charge < -0.3 is 20.6 Å². The van der Waals surface area contributed by atoms with E-state index in [9.17, 15) is 20.1 Å². The maximum Gasteiger partial charge on any atom is 0.249 e. The largest absolute Gasteiger partial charge is 0.394 e. The van der Waals surface area contributed by atoms with Gasteiger partial charge in [0.15, 0.2) is 0 Å². The number of carbonyl (C=O) groups is 1. The van der Waals surface area contributed by atoms with Crippen LogP contribution in [0.5, 0.6) is 0 Å². The maximum absolute atomic E-state index is 12.5. The minimum absolute atomic E-state index is 0.362. The monoisotopic (exact) mass is 858 g/mol. The second kappa shape index (κ2) is 51.2. The number of carbonyl (C=O) groups excluding carboxylic acids is 1. The zero-order valence-electron chi connectivity index (χ0n) is 41.1. The van der Waals surface area contributed by atoms with E-state index in [4.69, 9.17) is 0 Å². The van der Waals surface area contributed by atoms with Gasteiger partial charge in [0.1, 0.15) is 6.10 Å². The first-order chi connectivity index (χ1) is 30.1. The lowest BCUT2D eigenvalue weighted by Gasteiger charge is -2.21. The molecular weight excluding hydrogens is 751 g/mol. The van der Waals surface area contributed by atoms with Crippen molar-refractivity contribution in [2.45, 2.75) is 308 Å². The Hall–Kier alpha value is -1.43. The average Bonchev–Trinajstić information content (AvgIpc) is 3.26. The van der Waals surface area contributed by atoms with Crippen molar-refractivity contribution in [1.82, 2.24) is 5.32 Å². The summed E-state index contributed by atoms with van der Waals surface area (Å²) in [5.41, 5.74) is 0. The zero-order chi connectivity index (χ0) is 44.4. The predicted octanol–water partition coefficient (Wildman–Crippen LogP) is 16.7. The first kappa shape index (κ1) is 59.6. The van der Waals surface area contributed by atoms with E-state index in [1.807, 2.05) is 6.08 Å². The Morgan fingerprint density at radius 1 is 0.410 bits per heavy atom. The number of unbranched alkanes of at least 4 members (excludes halogenated alkanes) is 38. The number of allylic oxidation sites excluding steroid dienone is 5. The van der Waals surface area contributed by atoms with Crippen molar-refractivity contribution < 1.29 is 20.1 Å². The average molecular weight is 858 g/mol. The summed E-state index contributed by atoms with van der Waals surface area (Å²) in [4.78, 5) is 12.5. The molecule has 0 bridgehead atoms. The molecule has 0 heterocycles. The summed E-state index contributed by atoms with van der Waals surface area (Å²) in [6, 6.07) is -0.796. The lowest BCUT2D eigenvalue weighted by molar-refractivity contribution is -0.131. The highest BCUT2D eigenvalue weighted by molar-refractivity contribution is 5.80. The molecule has 0 saturated carbocycles. The molecule has 3 atom stereocenters. The van der Waals surface area contributed by atoms with E-state index in [2.05, 4.69) is 43.5 Å². The summed E-state index contributed by atoms with van der Waals surface area (Å²) in [7, 11) is 0. The van der Waals surface area contributed by atoms with Gasteiger partial charge in [-0.25, -0.2) is 0 Å². The van der Waals surface area contributed by atoms with Crippen molar-refractivity contribution in [2.75, 3.05) is 6.61 Å². The van der Waals surface area contributed by atoms with Crippen LogP contribution in [0.15, 0.2) is 36.5 Å². The van der Waals surface area contributed by atoms with Crippen molar-refractivity contribution >= 4 is 5.91 Å². The fraction of sp³-hybridized carbons (Fsp3) is 0.875. The lowest BCUT2D eigenvalue weighted by atomic mass is 10.0. The Kier molecular flexibility index (Phi) is 50.0. The molecule has 0 saturated heterocycles. The molecule has 61 heavy (non-hydrogen) atoms. The van der Waals surface area contributed by atoms with E-state index < -0.39 is 24.2 Å². The highest BCUT2D eigenvalue weighted by Crippen LogP contribution is 2.17. The molecule has 0 aromatic carbocycles. The van der Waals surface area contributed by atoms with E-state index >= 15 is 0 Å². The summed E-state index contributed by atoms with van der Waals surface area (Å²) in [5.74, 6) is -0.501. The molecule has 0 aliphatic rings. The molecule has 0 aromatic heterocycles. The van der Waals surface area contributed by atoms with Gasteiger partial charge in [-0.2, -0.15) is 0 Å². The third-order valence-electron chi connectivity index (χ3n) is 12.7. The van der Waals surface area contributed by atoms with Gasteiger partial charge in [-0.05, 0) is 51.4 Å². The molecule has 0 spiro atoms. The van der Waals surface area contributed by atoms with Gasteiger partial charge in [-0.3, -0.25) is 4.79 Å². The van der Waals surface area contributed by atoms with Crippen LogP contribution in [0.25, 0.3) is 0 Å². The molecule has 0 aromatic rings. The lowest BCUT2D eigenvalue weighted by Crippen LogP contribution is -2.48. The highest BCUT2D eigenvalue weighted by Gasteiger charge is 2.22. The first-order valence-corrected chi connectivity index (χ1v) is 27.3. The van der Waals surface area contributed by atoms with E-state index in [-0.39, 0.29) is 6.61 Å². The molecule has 0 fully saturated rings. The number of hydrogen-bond donors (Lipinski definition) is 4. The van der Waals surface area contributed by atoms with Crippen molar-refractivity contribution in [3.8, 4) is 0 Å². The van der Waals surface area contributed by atoms with Crippen LogP contribution < -0.4 is 5.32 Å².